The van der Waals surface area contributed by atoms with Crippen LogP contribution in [0.25, 0.3) is 11.0 Å². The lowest BCUT2D eigenvalue weighted by molar-refractivity contribution is 0.207. The van der Waals surface area contributed by atoms with Crippen LogP contribution in [0.2, 0.25) is 0 Å². The number of rotatable bonds is 4. The smallest absolute Gasteiger partial charge is 0.376 e. The number of hydrogen-bond acceptors (Lipinski definition) is 4. The van der Waals surface area contributed by atoms with Gasteiger partial charge in [-0.1, -0.05) is 12.2 Å². The summed E-state index contributed by atoms with van der Waals surface area (Å²) >= 11 is 1.72. The summed E-state index contributed by atoms with van der Waals surface area (Å²) < 4.78 is 4.69. The first-order valence-corrected chi connectivity index (χ1v) is 6.38. The number of aromatic amines is 1. The minimum absolute atomic E-state index is 0.119. The Morgan fingerprint density at radius 1 is 1.61 bits per heavy atom. The van der Waals surface area contributed by atoms with Gasteiger partial charge in [0.2, 0.25) is 0 Å². The largest absolute Gasteiger partial charge is 0.412 e. The van der Waals surface area contributed by atoms with Crippen molar-refractivity contribution in [3.05, 3.63) is 30.4 Å². The summed E-state index contributed by atoms with van der Waals surface area (Å²) in [4.78, 5) is 18.7. The van der Waals surface area contributed by atoms with Gasteiger partial charge in [-0.15, -0.1) is 11.8 Å². The molecule has 0 atom stereocenters. The minimum atomic E-state index is -0.878. The maximum absolute atomic E-state index is 10.6. The van der Waals surface area contributed by atoms with Crippen LogP contribution in [0.15, 0.2) is 35.2 Å². The number of carbonyl (C=O) groups is 1. The minimum Gasteiger partial charge on any atom is -0.376 e. The Bertz CT molecular complexity index is 592. The number of allylic oxidation sites excluding steroid dienone is 1. The second kappa shape index (κ2) is 5.59. The van der Waals surface area contributed by atoms with E-state index in [9.17, 15) is 4.79 Å². The quantitative estimate of drug-likeness (QED) is 0.656. The standard InChI is InChI=1S/C12H13N3O2S/c1-2-3-6-18-8-4-5-9-10(7-8)15-12(14-9)17-11(13)16/h2-5,7H,6H2,1H3,(H2,13,16)(H,14,15). The summed E-state index contributed by atoms with van der Waals surface area (Å²) in [6.07, 6.45) is 3.22. The van der Waals surface area contributed by atoms with Crippen molar-refractivity contribution in [2.75, 3.05) is 5.75 Å². The second-order valence-electron chi connectivity index (χ2n) is 3.52. The van der Waals surface area contributed by atoms with Crippen molar-refractivity contribution in [3.63, 3.8) is 0 Å². The number of ether oxygens (including phenoxy) is 1. The van der Waals surface area contributed by atoms with Crippen molar-refractivity contribution < 1.29 is 9.53 Å². The van der Waals surface area contributed by atoms with Gasteiger partial charge in [0.05, 0.1) is 11.0 Å². The molecule has 1 amide bonds. The van der Waals surface area contributed by atoms with Gasteiger partial charge >= 0.3 is 12.1 Å². The Morgan fingerprint density at radius 2 is 2.44 bits per heavy atom. The Balaban J connectivity index is 2.19. The molecule has 0 saturated carbocycles. The molecule has 0 fully saturated rings. The van der Waals surface area contributed by atoms with Crippen molar-refractivity contribution in [2.45, 2.75) is 11.8 Å². The molecule has 2 aromatic rings. The molecule has 6 heteroatoms. The molecular formula is C12H13N3O2S. The topological polar surface area (TPSA) is 81.0 Å². The van der Waals surface area contributed by atoms with E-state index in [-0.39, 0.29) is 6.01 Å². The summed E-state index contributed by atoms with van der Waals surface area (Å²) in [6.45, 7) is 1.99. The van der Waals surface area contributed by atoms with Gasteiger partial charge in [-0.05, 0) is 25.1 Å². The number of H-pyrrole nitrogens is 1. The van der Waals surface area contributed by atoms with Crippen LogP contribution in [0.3, 0.4) is 0 Å². The molecule has 1 heterocycles. The average Bonchev–Trinajstić information content (AvgIpc) is 2.69. The Hall–Kier alpha value is -1.95. The number of amides is 1. The summed E-state index contributed by atoms with van der Waals surface area (Å²) in [5.74, 6) is 0.917. The van der Waals surface area contributed by atoms with E-state index in [1.807, 2.05) is 31.2 Å². The first-order chi connectivity index (χ1) is 8.69. The average molecular weight is 263 g/mol. The molecule has 0 radical (unpaired) electrons. The third kappa shape index (κ3) is 3.04. The van der Waals surface area contributed by atoms with Crippen LogP contribution in [0.4, 0.5) is 4.79 Å². The van der Waals surface area contributed by atoms with E-state index in [0.29, 0.717) is 0 Å². The predicted octanol–water partition coefficient (Wildman–Crippen LogP) is 2.69. The maximum Gasteiger partial charge on any atom is 0.412 e. The SMILES string of the molecule is CC=CCSc1ccc2nc(OC(N)=O)[nH]c2c1. The number of nitrogens with two attached hydrogens (primary N) is 1. The zero-order chi connectivity index (χ0) is 13.0. The van der Waals surface area contributed by atoms with Gasteiger partial charge < -0.3 is 15.5 Å². The van der Waals surface area contributed by atoms with E-state index >= 15 is 0 Å². The molecular weight excluding hydrogens is 250 g/mol. The Labute approximate surface area is 108 Å². The Morgan fingerprint density at radius 3 is 3.17 bits per heavy atom. The highest BCUT2D eigenvalue weighted by Gasteiger charge is 2.06. The van der Waals surface area contributed by atoms with Crippen LogP contribution in [-0.4, -0.2) is 21.8 Å². The molecule has 94 valence electrons. The number of nitrogens with zero attached hydrogens (tertiary/aromatic N) is 1. The van der Waals surface area contributed by atoms with Crippen LogP contribution in [-0.2, 0) is 0 Å². The lowest BCUT2D eigenvalue weighted by Gasteiger charge is -1.97. The summed E-state index contributed by atoms with van der Waals surface area (Å²) in [7, 11) is 0. The van der Waals surface area contributed by atoms with Crippen molar-refractivity contribution in [3.8, 4) is 6.01 Å². The van der Waals surface area contributed by atoms with Crippen molar-refractivity contribution >= 4 is 28.9 Å². The number of nitrogens with one attached hydrogen (secondary N) is 1. The highest BCUT2D eigenvalue weighted by atomic mass is 32.2. The van der Waals surface area contributed by atoms with Crippen molar-refractivity contribution in [1.29, 1.82) is 0 Å². The fourth-order valence-corrected chi connectivity index (χ4v) is 2.29. The van der Waals surface area contributed by atoms with Gasteiger partial charge in [0.1, 0.15) is 0 Å². The lowest BCUT2D eigenvalue weighted by atomic mass is 10.3. The number of fused-ring (bicyclic) bond motifs is 1. The fourth-order valence-electron chi connectivity index (χ4n) is 1.44. The molecule has 1 aromatic heterocycles. The van der Waals surface area contributed by atoms with E-state index in [1.165, 1.54) is 0 Å². The zero-order valence-electron chi connectivity index (χ0n) is 9.84. The number of primary amides is 1. The van der Waals surface area contributed by atoms with Crippen LogP contribution in [0.1, 0.15) is 6.92 Å². The van der Waals surface area contributed by atoms with E-state index < -0.39 is 6.09 Å². The number of benzene rings is 1. The van der Waals surface area contributed by atoms with Gasteiger partial charge in [0, 0.05) is 10.6 Å². The van der Waals surface area contributed by atoms with E-state index in [4.69, 9.17) is 10.5 Å². The molecule has 0 spiro atoms. The van der Waals surface area contributed by atoms with Gasteiger partial charge in [-0.2, -0.15) is 4.98 Å². The zero-order valence-corrected chi connectivity index (χ0v) is 10.7. The fraction of sp³-hybridized carbons (Fsp3) is 0.167. The van der Waals surface area contributed by atoms with E-state index in [2.05, 4.69) is 16.0 Å². The highest BCUT2D eigenvalue weighted by molar-refractivity contribution is 7.99. The van der Waals surface area contributed by atoms with Gasteiger partial charge in [0.25, 0.3) is 0 Å². The molecule has 2 rings (SSSR count). The Kier molecular flexibility index (Phi) is 3.88. The number of imidazole rings is 1. The normalized spacial score (nSPS) is 11.2. The van der Waals surface area contributed by atoms with Gasteiger partial charge in [0.15, 0.2) is 0 Å². The number of carbonyl (C=O) groups excluding carboxylic acids is 1. The molecule has 3 N–H and O–H groups in total. The molecule has 0 saturated heterocycles. The monoisotopic (exact) mass is 263 g/mol. The number of hydrogen-bond donors (Lipinski definition) is 2. The third-order valence-corrected chi connectivity index (χ3v) is 3.16. The maximum atomic E-state index is 10.6. The van der Waals surface area contributed by atoms with Crippen LogP contribution >= 0.6 is 11.8 Å². The first kappa shape index (κ1) is 12.5. The number of aromatic nitrogens is 2. The summed E-state index contributed by atoms with van der Waals surface area (Å²) in [6, 6.07) is 5.93. The first-order valence-electron chi connectivity index (χ1n) is 5.40. The summed E-state index contributed by atoms with van der Waals surface area (Å²) in [5, 5.41) is 0. The molecule has 18 heavy (non-hydrogen) atoms. The predicted molar refractivity (Wildman–Crippen MR) is 71.8 cm³/mol. The molecule has 0 aliphatic rings. The summed E-state index contributed by atoms with van der Waals surface area (Å²) in [5.41, 5.74) is 6.48. The molecule has 0 aliphatic heterocycles. The van der Waals surface area contributed by atoms with Crippen LogP contribution in [0.5, 0.6) is 6.01 Å². The third-order valence-electron chi connectivity index (χ3n) is 2.21. The van der Waals surface area contributed by atoms with Crippen LogP contribution in [0, 0.1) is 0 Å². The van der Waals surface area contributed by atoms with Crippen LogP contribution < -0.4 is 10.5 Å². The van der Waals surface area contributed by atoms with Crippen molar-refractivity contribution in [1.82, 2.24) is 9.97 Å². The van der Waals surface area contributed by atoms with E-state index in [1.54, 1.807) is 11.8 Å². The van der Waals surface area contributed by atoms with Gasteiger partial charge in [-0.3, -0.25) is 0 Å². The second-order valence-corrected chi connectivity index (χ2v) is 4.62. The molecule has 0 bridgehead atoms. The molecule has 0 unspecified atom stereocenters. The lowest BCUT2D eigenvalue weighted by Crippen LogP contribution is -2.16. The number of thioether (sulfide) groups is 1. The highest BCUT2D eigenvalue weighted by Crippen LogP contribution is 2.24. The molecule has 5 nitrogen and oxygen atoms in total. The molecule has 1 aromatic carbocycles. The van der Waals surface area contributed by atoms with Gasteiger partial charge in [-0.25, -0.2) is 4.79 Å². The van der Waals surface area contributed by atoms with Crippen molar-refractivity contribution in [2.24, 2.45) is 5.73 Å². The molecule has 0 aliphatic carbocycles. The van der Waals surface area contributed by atoms with E-state index in [0.717, 1.165) is 21.7 Å².